The largest absolute Gasteiger partial charge is 0.467 e. The van der Waals surface area contributed by atoms with E-state index in [1.165, 1.54) is 15.5 Å². The molecule has 0 bridgehead atoms. The first-order valence-corrected chi connectivity index (χ1v) is 10.5. The third-order valence-corrected chi connectivity index (χ3v) is 5.40. The maximum absolute atomic E-state index is 13.1. The average molecular weight is 431 g/mol. The lowest BCUT2D eigenvalue weighted by molar-refractivity contribution is -0.131. The molecule has 0 saturated heterocycles. The van der Waals surface area contributed by atoms with Gasteiger partial charge in [-0.1, -0.05) is 29.8 Å². The Kier molecular flexibility index (Phi) is 6.07. The summed E-state index contributed by atoms with van der Waals surface area (Å²) in [6.45, 7) is 2.11. The minimum absolute atomic E-state index is 0.0658. The molecular formula is C25H26N4O3. The van der Waals surface area contributed by atoms with Crippen molar-refractivity contribution in [3.8, 4) is 0 Å². The third-order valence-electron chi connectivity index (χ3n) is 5.40. The number of amides is 2. The van der Waals surface area contributed by atoms with E-state index in [9.17, 15) is 9.59 Å². The summed E-state index contributed by atoms with van der Waals surface area (Å²) in [5.74, 6) is 0.474. The fourth-order valence-corrected chi connectivity index (χ4v) is 3.61. The van der Waals surface area contributed by atoms with Gasteiger partial charge in [0, 0.05) is 31.8 Å². The zero-order valence-corrected chi connectivity index (χ0v) is 18.4. The lowest BCUT2D eigenvalue weighted by Gasteiger charge is -2.20. The second kappa shape index (κ2) is 9.09. The molecule has 4 rings (SSSR count). The zero-order chi connectivity index (χ0) is 22.7. The number of hydrazone groups is 1. The van der Waals surface area contributed by atoms with Gasteiger partial charge in [-0.05, 0) is 48.9 Å². The minimum atomic E-state index is -0.282. The van der Waals surface area contributed by atoms with Gasteiger partial charge < -0.3 is 14.6 Å². The molecule has 7 heteroatoms. The molecule has 0 fully saturated rings. The smallest absolute Gasteiger partial charge is 0.262 e. The van der Waals surface area contributed by atoms with Crippen LogP contribution in [0.2, 0.25) is 0 Å². The van der Waals surface area contributed by atoms with Crippen LogP contribution in [-0.2, 0) is 4.79 Å². The first kappa shape index (κ1) is 21.4. The Labute approximate surface area is 187 Å². The van der Waals surface area contributed by atoms with Crippen LogP contribution in [0.3, 0.4) is 0 Å². The van der Waals surface area contributed by atoms with Gasteiger partial charge in [-0.2, -0.15) is 5.10 Å². The number of carbonyl (C=O) groups is 2. The van der Waals surface area contributed by atoms with E-state index in [1.807, 2.05) is 43.3 Å². The second-order valence-electron chi connectivity index (χ2n) is 8.02. The van der Waals surface area contributed by atoms with Crippen molar-refractivity contribution in [1.82, 2.24) is 9.91 Å². The quantitative estimate of drug-likeness (QED) is 0.639. The standard InChI is InChI=1S/C25H26N4O3/c1-17-6-8-18(9-7-17)21-15-22(23-5-4-14-32-23)29(27-21)24(30)16-26-20-12-10-19(11-13-20)25(31)28(2)3/h4-14,22,26H,15-16H2,1-3H3. The molecule has 1 atom stereocenters. The first-order chi connectivity index (χ1) is 15.4. The highest BCUT2D eigenvalue weighted by molar-refractivity contribution is 6.03. The molecular weight excluding hydrogens is 404 g/mol. The van der Waals surface area contributed by atoms with Crippen molar-refractivity contribution in [1.29, 1.82) is 0 Å². The van der Waals surface area contributed by atoms with E-state index in [-0.39, 0.29) is 24.4 Å². The number of benzene rings is 2. The molecule has 0 spiro atoms. The monoisotopic (exact) mass is 430 g/mol. The van der Waals surface area contributed by atoms with Crippen LogP contribution in [0.1, 0.15) is 39.7 Å². The summed E-state index contributed by atoms with van der Waals surface area (Å²) < 4.78 is 5.60. The maximum atomic E-state index is 13.1. The fraction of sp³-hybridized carbons (Fsp3) is 0.240. The molecule has 2 aromatic carbocycles. The molecule has 1 aliphatic rings. The van der Waals surface area contributed by atoms with Crippen LogP contribution in [0.4, 0.5) is 5.69 Å². The van der Waals surface area contributed by atoms with Gasteiger partial charge >= 0.3 is 0 Å². The molecule has 1 N–H and O–H groups in total. The molecule has 7 nitrogen and oxygen atoms in total. The van der Waals surface area contributed by atoms with Gasteiger partial charge in [0.1, 0.15) is 11.8 Å². The molecule has 1 unspecified atom stereocenters. The van der Waals surface area contributed by atoms with Gasteiger partial charge in [0.25, 0.3) is 11.8 Å². The Morgan fingerprint density at radius 1 is 1.09 bits per heavy atom. The predicted octanol–water partition coefficient (Wildman–Crippen LogP) is 4.08. The van der Waals surface area contributed by atoms with Crippen molar-refractivity contribution in [2.75, 3.05) is 26.0 Å². The lowest BCUT2D eigenvalue weighted by atomic mass is 10.0. The third kappa shape index (κ3) is 4.56. The zero-order valence-electron chi connectivity index (χ0n) is 18.4. The van der Waals surface area contributed by atoms with E-state index < -0.39 is 0 Å². The summed E-state index contributed by atoms with van der Waals surface area (Å²) in [6.07, 6.45) is 2.19. The molecule has 0 aliphatic carbocycles. The number of furan rings is 1. The number of nitrogens with one attached hydrogen (secondary N) is 1. The second-order valence-corrected chi connectivity index (χ2v) is 8.02. The van der Waals surface area contributed by atoms with Gasteiger partial charge in [0.05, 0.1) is 18.5 Å². The minimum Gasteiger partial charge on any atom is -0.467 e. The van der Waals surface area contributed by atoms with Crippen LogP contribution in [-0.4, -0.2) is 48.1 Å². The molecule has 0 radical (unpaired) electrons. The molecule has 2 heterocycles. The molecule has 32 heavy (non-hydrogen) atoms. The van der Waals surface area contributed by atoms with Gasteiger partial charge in [0.2, 0.25) is 0 Å². The van der Waals surface area contributed by atoms with Gasteiger partial charge in [-0.15, -0.1) is 0 Å². The van der Waals surface area contributed by atoms with Gasteiger partial charge in [-0.25, -0.2) is 5.01 Å². The van der Waals surface area contributed by atoms with Crippen LogP contribution in [0.25, 0.3) is 0 Å². The highest BCUT2D eigenvalue weighted by Crippen LogP contribution is 2.33. The highest BCUT2D eigenvalue weighted by atomic mass is 16.3. The van der Waals surface area contributed by atoms with Crippen molar-refractivity contribution >= 4 is 23.2 Å². The average Bonchev–Trinajstić information content (AvgIpc) is 3.48. The predicted molar refractivity (Wildman–Crippen MR) is 124 cm³/mol. The SMILES string of the molecule is Cc1ccc(C2=NN(C(=O)CNc3ccc(C(=O)N(C)C)cc3)C(c3ccco3)C2)cc1. The molecule has 2 amide bonds. The summed E-state index contributed by atoms with van der Waals surface area (Å²) >= 11 is 0. The summed E-state index contributed by atoms with van der Waals surface area (Å²) in [5.41, 5.74) is 4.37. The van der Waals surface area contributed by atoms with E-state index in [4.69, 9.17) is 4.42 Å². The Morgan fingerprint density at radius 2 is 1.81 bits per heavy atom. The van der Waals surface area contributed by atoms with Crippen LogP contribution >= 0.6 is 0 Å². The van der Waals surface area contributed by atoms with Crippen LogP contribution in [0, 0.1) is 6.92 Å². The maximum Gasteiger partial charge on any atom is 0.262 e. The normalized spacial score (nSPS) is 15.4. The van der Waals surface area contributed by atoms with Crippen LogP contribution in [0.5, 0.6) is 0 Å². The molecule has 1 aliphatic heterocycles. The molecule has 0 saturated carbocycles. The number of hydrogen-bond acceptors (Lipinski definition) is 5. The lowest BCUT2D eigenvalue weighted by Crippen LogP contribution is -2.32. The summed E-state index contributed by atoms with van der Waals surface area (Å²) in [5, 5.41) is 9.28. The number of hydrogen-bond donors (Lipinski definition) is 1. The van der Waals surface area contributed by atoms with E-state index in [2.05, 4.69) is 10.4 Å². The van der Waals surface area contributed by atoms with Crippen molar-refractivity contribution in [3.63, 3.8) is 0 Å². The van der Waals surface area contributed by atoms with Crippen molar-refractivity contribution in [2.45, 2.75) is 19.4 Å². The summed E-state index contributed by atoms with van der Waals surface area (Å²) in [4.78, 5) is 26.6. The van der Waals surface area contributed by atoms with E-state index in [1.54, 1.807) is 44.6 Å². The van der Waals surface area contributed by atoms with Crippen molar-refractivity contribution in [3.05, 3.63) is 89.4 Å². The van der Waals surface area contributed by atoms with Crippen molar-refractivity contribution in [2.24, 2.45) is 5.10 Å². The molecule has 1 aromatic heterocycles. The Morgan fingerprint density at radius 3 is 2.44 bits per heavy atom. The van der Waals surface area contributed by atoms with E-state index in [0.29, 0.717) is 17.7 Å². The highest BCUT2D eigenvalue weighted by Gasteiger charge is 2.34. The number of rotatable bonds is 6. The number of nitrogens with zero attached hydrogens (tertiary/aromatic N) is 3. The number of aryl methyl sites for hydroxylation is 1. The summed E-state index contributed by atoms with van der Waals surface area (Å²) in [6, 6.07) is 18.6. The fourth-order valence-electron chi connectivity index (χ4n) is 3.61. The van der Waals surface area contributed by atoms with Gasteiger partial charge in [0.15, 0.2) is 0 Å². The molecule has 3 aromatic rings. The van der Waals surface area contributed by atoms with Crippen LogP contribution < -0.4 is 5.32 Å². The molecule has 164 valence electrons. The van der Waals surface area contributed by atoms with Crippen molar-refractivity contribution < 1.29 is 14.0 Å². The number of anilines is 1. The van der Waals surface area contributed by atoms with Crippen LogP contribution in [0.15, 0.2) is 76.4 Å². The Balaban J connectivity index is 1.48. The van der Waals surface area contributed by atoms with E-state index in [0.717, 1.165) is 17.0 Å². The summed E-state index contributed by atoms with van der Waals surface area (Å²) in [7, 11) is 3.42. The Bertz CT molecular complexity index is 1120. The van der Waals surface area contributed by atoms with E-state index >= 15 is 0 Å². The topological polar surface area (TPSA) is 78.2 Å². The number of carbonyl (C=O) groups excluding carboxylic acids is 2. The first-order valence-electron chi connectivity index (χ1n) is 10.5. The Hall–Kier alpha value is -3.87. The van der Waals surface area contributed by atoms with Gasteiger partial charge in [-0.3, -0.25) is 9.59 Å².